The molecule has 0 aliphatic heterocycles. The monoisotopic (exact) mass is 200 g/mol. The van der Waals surface area contributed by atoms with Crippen molar-refractivity contribution in [2.24, 2.45) is 0 Å². The third kappa shape index (κ3) is 2.83. The van der Waals surface area contributed by atoms with Gasteiger partial charge >= 0.3 is 0 Å². The topological polar surface area (TPSA) is 20.2 Å². The number of rotatable bonds is 3. The van der Waals surface area contributed by atoms with Crippen LogP contribution in [0.1, 0.15) is 5.56 Å². The second-order valence-corrected chi connectivity index (χ2v) is 3.10. The van der Waals surface area contributed by atoms with Crippen molar-refractivity contribution in [3.8, 4) is 0 Å². The van der Waals surface area contributed by atoms with E-state index in [-0.39, 0.29) is 6.61 Å². The van der Waals surface area contributed by atoms with E-state index in [0.29, 0.717) is 23.3 Å². The van der Waals surface area contributed by atoms with Crippen molar-refractivity contribution in [1.82, 2.24) is 0 Å². The fourth-order valence-corrected chi connectivity index (χ4v) is 1.22. The number of aliphatic hydroxyl groups excluding tert-OH is 1. The van der Waals surface area contributed by atoms with Crippen LogP contribution in [0.25, 0.3) is 0 Å². The molecule has 0 heterocycles. The molecule has 1 rings (SSSR count). The molecule has 0 aromatic heterocycles. The first kappa shape index (κ1) is 10.2. The van der Waals surface area contributed by atoms with Crippen LogP contribution in [0.2, 0.25) is 5.02 Å². The molecule has 1 N–H and O–H groups in total. The highest BCUT2D eigenvalue weighted by atomic mass is 35.5. The minimum absolute atomic E-state index is 0.276. The predicted octanol–water partition coefficient (Wildman–Crippen LogP) is 2.73. The molecule has 0 saturated heterocycles. The molecule has 0 amide bonds. The Morgan fingerprint density at radius 3 is 2.69 bits per heavy atom. The highest BCUT2D eigenvalue weighted by Crippen LogP contribution is 2.18. The summed E-state index contributed by atoms with van der Waals surface area (Å²) in [7, 11) is 0. The van der Waals surface area contributed by atoms with Crippen molar-refractivity contribution < 1.29 is 9.50 Å². The molecule has 0 aliphatic rings. The summed E-state index contributed by atoms with van der Waals surface area (Å²) in [5.74, 6) is 0. The zero-order chi connectivity index (χ0) is 9.68. The van der Waals surface area contributed by atoms with Crippen LogP contribution in [0.4, 0.5) is 4.39 Å². The molecule has 0 unspecified atom stereocenters. The Labute approximate surface area is 81.5 Å². The molecule has 0 saturated carbocycles. The SMILES string of the molecule is OCC(=CF)Cc1ccccc1Cl. The van der Waals surface area contributed by atoms with Crippen LogP contribution in [0, 0.1) is 0 Å². The van der Waals surface area contributed by atoms with Crippen LogP contribution in [0.5, 0.6) is 0 Å². The number of halogens is 2. The lowest BCUT2D eigenvalue weighted by molar-refractivity contribution is 0.325. The molecular formula is C10H10ClFO. The van der Waals surface area contributed by atoms with Crippen molar-refractivity contribution >= 4 is 11.6 Å². The summed E-state index contributed by atoms with van der Waals surface area (Å²) < 4.78 is 12.1. The summed E-state index contributed by atoms with van der Waals surface area (Å²) >= 11 is 5.85. The minimum Gasteiger partial charge on any atom is -0.392 e. The molecular weight excluding hydrogens is 191 g/mol. The maximum absolute atomic E-state index is 12.1. The van der Waals surface area contributed by atoms with Gasteiger partial charge in [-0.25, -0.2) is 4.39 Å². The van der Waals surface area contributed by atoms with Gasteiger partial charge in [-0.05, 0) is 23.6 Å². The maximum Gasteiger partial charge on any atom is 0.0885 e. The van der Waals surface area contributed by atoms with Crippen LogP contribution in [0.15, 0.2) is 36.2 Å². The summed E-state index contributed by atoms with van der Waals surface area (Å²) in [6.07, 6.45) is 0.774. The molecule has 13 heavy (non-hydrogen) atoms. The van der Waals surface area contributed by atoms with E-state index in [1.54, 1.807) is 6.07 Å². The largest absolute Gasteiger partial charge is 0.392 e. The summed E-state index contributed by atoms with van der Waals surface area (Å²) in [5.41, 5.74) is 1.15. The molecule has 0 aliphatic carbocycles. The third-order valence-corrected chi connectivity index (χ3v) is 2.10. The van der Waals surface area contributed by atoms with E-state index >= 15 is 0 Å². The first-order valence-electron chi connectivity index (χ1n) is 3.90. The van der Waals surface area contributed by atoms with Gasteiger partial charge in [0.25, 0.3) is 0 Å². The second-order valence-electron chi connectivity index (χ2n) is 2.69. The Bertz CT molecular complexity index is 310. The fourth-order valence-electron chi connectivity index (χ4n) is 1.02. The molecule has 1 aromatic carbocycles. The zero-order valence-electron chi connectivity index (χ0n) is 7.00. The van der Waals surface area contributed by atoms with Crippen LogP contribution < -0.4 is 0 Å². The summed E-state index contributed by atoms with van der Waals surface area (Å²) in [5, 5.41) is 9.32. The molecule has 1 aromatic rings. The average molecular weight is 201 g/mol. The first-order chi connectivity index (χ1) is 6.27. The van der Waals surface area contributed by atoms with Crippen molar-refractivity contribution in [3.63, 3.8) is 0 Å². The first-order valence-corrected chi connectivity index (χ1v) is 4.28. The molecule has 0 spiro atoms. The molecule has 0 atom stereocenters. The van der Waals surface area contributed by atoms with Gasteiger partial charge in [-0.1, -0.05) is 29.8 Å². The lowest BCUT2D eigenvalue weighted by Crippen LogP contribution is -1.95. The zero-order valence-corrected chi connectivity index (χ0v) is 7.76. The quantitative estimate of drug-likeness (QED) is 0.796. The van der Waals surface area contributed by atoms with Crippen LogP contribution >= 0.6 is 11.6 Å². The van der Waals surface area contributed by atoms with Crippen LogP contribution in [0.3, 0.4) is 0 Å². The lowest BCUT2D eigenvalue weighted by Gasteiger charge is -2.04. The van der Waals surface area contributed by atoms with E-state index in [4.69, 9.17) is 16.7 Å². The number of hydrogen-bond acceptors (Lipinski definition) is 1. The molecule has 0 fully saturated rings. The highest BCUT2D eigenvalue weighted by Gasteiger charge is 2.02. The van der Waals surface area contributed by atoms with E-state index in [0.717, 1.165) is 5.56 Å². The van der Waals surface area contributed by atoms with Crippen LogP contribution in [-0.2, 0) is 6.42 Å². The Balaban J connectivity index is 2.80. The van der Waals surface area contributed by atoms with E-state index in [2.05, 4.69) is 0 Å². The molecule has 3 heteroatoms. The lowest BCUT2D eigenvalue weighted by atomic mass is 10.1. The number of benzene rings is 1. The Morgan fingerprint density at radius 1 is 1.46 bits per heavy atom. The molecule has 1 nitrogen and oxygen atoms in total. The van der Waals surface area contributed by atoms with Gasteiger partial charge in [0.2, 0.25) is 0 Å². The fraction of sp³-hybridized carbons (Fsp3) is 0.200. The van der Waals surface area contributed by atoms with E-state index in [9.17, 15) is 4.39 Å². The van der Waals surface area contributed by atoms with E-state index < -0.39 is 0 Å². The molecule has 0 bridgehead atoms. The molecule has 0 radical (unpaired) electrons. The van der Waals surface area contributed by atoms with Gasteiger partial charge in [0.1, 0.15) is 0 Å². The van der Waals surface area contributed by atoms with Gasteiger partial charge in [0.05, 0.1) is 12.9 Å². The van der Waals surface area contributed by atoms with E-state index in [1.807, 2.05) is 18.2 Å². The van der Waals surface area contributed by atoms with Gasteiger partial charge in [0.15, 0.2) is 0 Å². The average Bonchev–Trinajstić information content (AvgIpc) is 2.17. The summed E-state index contributed by atoms with van der Waals surface area (Å²) in [4.78, 5) is 0. The van der Waals surface area contributed by atoms with Gasteiger partial charge in [0, 0.05) is 5.02 Å². The highest BCUT2D eigenvalue weighted by molar-refractivity contribution is 6.31. The maximum atomic E-state index is 12.1. The second kappa shape index (κ2) is 5.00. The van der Waals surface area contributed by atoms with Crippen molar-refractivity contribution in [3.05, 3.63) is 46.8 Å². The minimum atomic E-state index is -0.276. The van der Waals surface area contributed by atoms with Crippen molar-refractivity contribution in [2.75, 3.05) is 6.61 Å². The Kier molecular flexibility index (Phi) is 3.93. The van der Waals surface area contributed by atoms with Gasteiger partial charge in [-0.15, -0.1) is 0 Å². The van der Waals surface area contributed by atoms with Crippen LogP contribution in [-0.4, -0.2) is 11.7 Å². The van der Waals surface area contributed by atoms with Crippen molar-refractivity contribution in [2.45, 2.75) is 6.42 Å². The molecule has 70 valence electrons. The number of aliphatic hydroxyl groups is 1. The normalized spacial score (nSPS) is 11.8. The Hall–Kier alpha value is -0.860. The predicted molar refractivity (Wildman–Crippen MR) is 51.4 cm³/mol. The summed E-state index contributed by atoms with van der Waals surface area (Å²) in [6.45, 7) is -0.276. The summed E-state index contributed by atoms with van der Waals surface area (Å²) in [6, 6.07) is 7.18. The van der Waals surface area contributed by atoms with Crippen molar-refractivity contribution in [1.29, 1.82) is 0 Å². The van der Waals surface area contributed by atoms with Gasteiger partial charge in [-0.2, -0.15) is 0 Å². The van der Waals surface area contributed by atoms with Gasteiger partial charge in [-0.3, -0.25) is 0 Å². The smallest absolute Gasteiger partial charge is 0.0885 e. The number of hydrogen-bond donors (Lipinski definition) is 1. The standard InChI is InChI=1S/C10H10ClFO/c11-10-4-2-1-3-9(10)5-8(6-12)7-13/h1-4,6,13H,5,7H2. The third-order valence-electron chi connectivity index (χ3n) is 1.73. The van der Waals surface area contributed by atoms with Gasteiger partial charge < -0.3 is 5.11 Å². The Morgan fingerprint density at radius 2 is 2.15 bits per heavy atom. The van der Waals surface area contributed by atoms with E-state index in [1.165, 1.54) is 0 Å².